The summed E-state index contributed by atoms with van der Waals surface area (Å²) < 4.78 is 5.71. The van der Waals surface area contributed by atoms with Gasteiger partial charge in [0.25, 0.3) is 0 Å². The van der Waals surface area contributed by atoms with E-state index in [0.29, 0.717) is 0 Å². The third kappa shape index (κ3) is 4.80. The summed E-state index contributed by atoms with van der Waals surface area (Å²) in [6.07, 6.45) is 3.68. The zero-order valence-corrected chi connectivity index (χ0v) is 12.9. The lowest BCUT2D eigenvalue weighted by atomic mass is 9.96. The molecule has 1 heterocycles. The minimum atomic E-state index is 0.804. The van der Waals surface area contributed by atoms with Crippen molar-refractivity contribution in [3.05, 3.63) is 29.8 Å². The van der Waals surface area contributed by atoms with Gasteiger partial charge in [-0.2, -0.15) is 0 Å². The number of likely N-dealkylation sites (tertiary alicyclic amines) is 1. The minimum absolute atomic E-state index is 0.804. The summed E-state index contributed by atoms with van der Waals surface area (Å²) >= 11 is 0. The van der Waals surface area contributed by atoms with Crippen LogP contribution in [0.3, 0.4) is 0 Å². The number of nitrogens with zero attached hydrogens (tertiary/aromatic N) is 1. The van der Waals surface area contributed by atoms with Gasteiger partial charge >= 0.3 is 0 Å². The molecule has 1 aromatic rings. The van der Waals surface area contributed by atoms with Crippen LogP contribution in [0.2, 0.25) is 0 Å². The quantitative estimate of drug-likeness (QED) is 0.829. The van der Waals surface area contributed by atoms with Crippen LogP contribution < -0.4 is 10.1 Å². The summed E-state index contributed by atoms with van der Waals surface area (Å²) in [6, 6.07) is 8.56. The van der Waals surface area contributed by atoms with E-state index in [2.05, 4.69) is 41.4 Å². The molecule has 1 aliphatic heterocycles. The molecular weight excluding hydrogens is 248 g/mol. The lowest BCUT2D eigenvalue weighted by Gasteiger charge is -2.31. The molecule has 2 rings (SSSR count). The summed E-state index contributed by atoms with van der Waals surface area (Å²) in [5.74, 6) is 1.87. The van der Waals surface area contributed by atoms with Gasteiger partial charge in [0.05, 0.1) is 6.61 Å². The van der Waals surface area contributed by atoms with Gasteiger partial charge in [0.2, 0.25) is 0 Å². The molecule has 3 heteroatoms. The van der Waals surface area contributed by atoms with Gasteiger partial charge < -0.3 is 10.1 Å². The molecule has 0 atom stereocenters. The maximum atomic E-state index is 5.71. The van der Waals surface area contributed by atoms with Crippen molar-refractivity contribution in [1.82, 2.24) is 10.2 Å². The highest BCUT2D eigenvalue weighted by molar-refractivity contribution is 5.28. The largest absolute Gasteiger partial charge is 0.494 e. The molecule has 1 fully saturated rings. The molecule has 0 aromatic heterocycles. The Morgan fingerprint density at radius 1 is 1.30 bits per heavy atom. The molecule has 0 spiro atoms. The van der Waals surface area contributed by atoms with Crippen LogP contribution in [0, 0.1) is 5.92 Å². The first-order valence-electron chi connectivity index (χ1n) is 7.90. The maximum Gasteiger partial charge on any atom is 0.119 e. The monoisotopic (exact) mass is 276 g/mol. The molecule has 1 aliphatic rings. The summed E-state index contributed by atoms with van der Waals surface area (Å²) in [5.41, 5.74) is 1.37. The fourth-order valence-electron chi connectivity index (χ4n) is 2.85. The van der Waals surface area contributed by atoms with E-state index in [0.717, 1.165) is 37.8 Å². The molecule has 0 aliphatic carbocycles. The van der Waals surface area contributed by atoms with Gasteiger partial charge in [-0.15, -0.1) is 0 Å². The number of nitrogens with one attached hydrogen (secondary N) is 1. The van der Waals surface area contributed by atoms with Crippen molar-refractivity contribution < 1.29 is 4.74 Å². The first-order valence-corrected chi connectivity index (χ1v) is 7.90. The van der Waals surface area contributed by atoms with E-state index in [-0.39, 0.29) is 0 Å². The Morgan fingerprint density at radius 3 is 2.80 bits per heavy atom. The van der Waals surface area contributed by atoms with Gasteiger partial charge in [0.15, 0.2) is 0 Å². The highest BCUT2D eigenvalue weighted by Gasteiger charge is 2.18. The molecular formula is C17H28N2O. The standard InChI is InChI=1S/C17H28N2O/c1-3-11-20-17-6-4-5-16(12-17)14-19-9-7-15(8-10-19)13-18-2/h4-6,12,15,18H,3,7-11,13-14H2,1-2H3. The zero-order chi connectivity index (χ0) is 14.2. The Balaban J connectivity index is 1.81. The zero-order valence-electron chi connectivity index (χ0n) is 12.9. The number of hydrogen-bond donors (Lipinski definition) is 1. The Morgan fingerprint density at radius 2 is 2.10 bits per heavy atom. The number of benzene rings is 1. The second kappa shape index (κ2) is 8.28. The molecule has 3 nitrogen and oxygen atoms in total. The van der Waals surface area contributed by atoms with E-state index < -0.39 is 0 Å². The van der Waals surface area contributed by atoms with Crippen molar-refractivity contribution in [3.63, 3.8) is 0 Å². The topological polar surface area (TPSA) is 24.5 Å². The van der Waals surface area contributed by atoms with E-state index in [9.17, 15) is 0 Å². The number of ether oxygens (including phenoxy) is 1. The first kappa shape index (κ1) is 15.3. The van der Waals surface area contributed by atoms with Gasteiger partial charge in [-0.1, -0.05) is 19.1 Å². The van der Waals surface area contributed by atoms with Crippen LogP contribution in [0.5, 0.6) is 5.75 Å². The minimum Gasteiger partial charge on any atom is -0.494 e. The van der Waals surface area contributed by atoms with Gasteiger partial charge in [-0.05, 0) is 69.6 Å². The molecule has 0 saturated carbocycles. The molecule has 1 N–H and O–H groups in total. The summed E-state index contributed by atoms with van der Waals surface area (Å²) in [5, 5.41) is 3.29. The molecule has 112 valence electrons. The van der Waals surface area contributed by atoms with Gasteiger partial charge in [-0.25, -0.2) is 0 Å². The van der Waals surface area contributed by atoms with Crippen molar-refractivity contribution in [1.29, 1.82) is 0 Å². The Kier molecular flexibility index (Phi) is 6.34. The second-order valence-corrected chi connectivity index (χ2v) is 5.77. The predicted octanol–water partition coefficient (Wildman–Crippen LogP) is 2.91. The highest BCUT2D eigenvalue weighted by Crippen LogP contribution is 2.20. The van der Waals surface area contributed by atoms with E-state index in [4.69, 9.17) is 4.74 Å². The van der Waals surface area contributed by atoms with E-state index >= 15 is 0 Å². The van der Waals surface area contributed by atoms with Crippen LogP contribution >= 0.6 is 0 Å². The first-order chi connectivity index (χ1) is 9.81. The predicted molar refractivity (Wildman–Crippen MR) is 84.2 cm³/mol. The third-order valence-corrected chi connectivity index (χ3v) is 3.98. The fraction of sp³-hybridized carbons (Fsp3) is 0.647. The van der Waals surface area contributed by atoms with Crippen LogP contribution in [0.15, 0.2) is 24.3 Å². The van der Waals surface area contributed by atoms with Crippen molar-refractivity contribution in [2.24, 2.45) is 5.92 Å². The molecule has 0 amide bonds. The molecule has 0 unspecified atom stereocenters. The maximum absolute atomic E-state index is 5.71. The highest BCUT2D eigenvalue weighted by atomic mass is 16.5. The SMILES string of the molecule is CCCOc1cccc(CN2CCC(CNC)CC2)c1. The number of hydrogen-bond acceptors (Lipinski definition) is 3. The Bertz CT molecular complexity index is 386. The van der Waals surface area contributed by atoms with Gasteiger partial charge in [0, 0.05) is 6.54 Å². The van der Waals surface area contributed by atoms with E-state index in [1.807, 2.05) is 7.05 Å². The number of rotatable bonds is 7. The Labute approximate surface area is 123 Å². The smallest absolute Gasteiger partial charge is 0.119 e. The summed E-state index contributed by atoms with van der Waals surface area (Å²) in [6.45, 7) is 7.58. The second-order valence-electron chi connectivity index (χ2n) is 5.77. The lowest BCUT2D eigenvalue weighted by molar-refractivity contribution is 0.176. The van der Waals surface area contributed by atoms with Crippen LogP contribution in [0.25, 0.3) is 0 Å². The third-order valence-electron chi connectivity index (χ3n) is 3.98. The Hall–Kier alpha value is -1.06. The van der Waals surface area contributed by atoms with Crippen molar-refractivity contribution >= 4 is 0 Å². The van der Waals surface area contributed by atoms with Gasteiger partial charge in [-0.3, -0.25) is 4.90 Å². The van der Waals surface area contributed by atoms with Crippen molar-refractivity contribution in [3.8, 4) is 5.75 Å². The lowest BCUT2D eigenvalue weighted by Crippen LogP contribution is -2.36. The van der Waals surface area contributed by atoms with Crippen molar-refractivity contribution in [2.75, 3.05) is 33.3 Å². The van der Waals surface area contributed by atoms with Crippen LogP contribution in [-0.2, 0) is 6.54 Å². The molecule has 0 radical (unpaired) electrons. The van der Waals surface area contributed by atoms with Crippen LogP contribution in [0.4, 0.5) is 0 Å². The molecule has 1 saturated heterocycles. The summed E-state index contributed by atoms with van der Waals surface area (Å²) in [7, 11) is 2.05. The van der Waals surface area contributed by atoms with Crippen LogP contribution in [-0.4, -0.2) is 38.2 Å². The molecule has 1 aromatic carbocycles. The summed E-state index contributed by atoms with van der Waals surface area (Å²) in [4.78, 5) is 2.56. The van der Waals surface area contributed by atoms with Gasteiger partial charge in [0.1, 0.15) is 5.75 Å². The van der Waals surface area contributed by atoms with Crippen molar-refractivity contribution in [2.45, 2.75) is 32.7 Å². The average Bonchev–Trinajstić information content (AvgIpc) is 2.48. The van der Waals surface area contributed by atoms with E-state index in [1.165, 1.54) is 31.5 Å². The number of piperidine rings is 1. The normalized spacial score (nSPS) is 17.3. The van der Waals surface area contributed by atoms with E-state index in [1.54, 1.807) is 0 Å². The fourth-order valence-corrected chi connectivity index (χ4v) is 2.85. The average molecular weight is 276 g/mol. The van der Waals surface area contributed by atoms with Crippen LogP contribution in [0.1, 0.15) is 31.7 Å². The molecule has 20 heavy (non-hydrogen) atoms. The molecule has 0 bridgehead atoms.